The Labute approximate surface area is 348 Å². The summed E-state index contributed by atoms with van der Waals surface area (Å²) in [6.45, 7) is 9.66. The third-order valence-electron chi connectivity index (χ3n) is 9.88. The second-order valence-electron chi connectivity index (χ2n) is 14.8. The van der Waals surface area contributed by atoms with Gasteiger partial charge in [-0.25, -0.2) is 19.2 Å². The molecule has 0 aliphatic heterocycles. The van der Waals surface area contributed by atoms with Crippen LogP contribution in [0, 0.1) is 0 Å². The number of ether oxygens (including phenoxy) is 7. The number of rotatable bonds is 13. The van der Waals surface area contributed by atoms with E-state index in [0.717, 1.165) is 16.7 Å². The predicted octanol–water partition coefficient (Wildman–Crippen LogP) is 11.1. The third kappa shape index (κ3) is 11.2. The van der Waals surface area contributed by atoms with E-state index in [2.05, 4.69) is 26.0 Å². The lowest BCUT2D eigenvalue weighted by Gasteiger charge is -2.26. The van der Waals surface area contributed by atoms with Gasteiger partial charge in [-0.05, 0) is 95.4 Å². The summed E-state index contributed by atoms with van der Waals surface area (Å²) in [5.74, 6) is 0.727. The lowest BCUT2D eigenvalue weighted by atomic mass is 9.78. The maximum absolute atomic E-state index is 12.6. The highest BCUT2D eigenvalue weighted by molar-refractivity contribution is 5.77. The minimum Gasteiger partial charge on any atom is -0.458 e. The number of carbonyl (C=O) groups is 4. The van der Waals surface area contributed by atoms with Crippen LogP contribution in [0.3, 0.4) is 0 Å². The monoisotopic (exact) mass is 808 g/mol. The van der Waals surface area contributed by atoms with Crippen LogP contribution < -0.4 is 23.7 Å². The van der Waals surface area contributed by atoms with Crippen molar-refractivity contribution < 1.29 is 52.3 Å². The van der Waals surface area contributed by atoms with Crippen LogP contribution in [0.25, 0.3) is 0 Å². The fourth-order valence-corrected chi connectivity index (χ4v) is 6.16. The highest BCUT2D eigenvalue weighted by Gasteiger charge is 2.25. The van der Waals surface area contributed by atoms with Crippen molar-refractivity contribution in [2.45, 2.75) is 58.2 Å². The smallest absolute Gasteiger partial charge is 0.458 e. The molecule has 6 rings (SSSR count). The Hall–Kier alpha value is -7.40. The molecule has 0 fully saturated rings. The summed E-state index contributed by atoms with van der Waals surface area (Å²) < 4.78 is 36.8. The lowest BCUT2D eigenvalue weighted by Crippen LogP contribution is -2.27. The van der Waals surface area contributed by atoms with Crippen molar-refractivity contribution >= 4 is 24.4 Å². The number of hydrogen-bond acceptors (Lipinski definition) is 11. The fraction of sp³-hybridized carbons (Fsp3) is 0.184. The minimum absolute atomic E-state index is 0.106. The van der Waals surface area contributed by atoms with Gasteiger partial charge in [0.05, 0.1) is 0 Å². The van der Waals surface area contributed by atoms with Gasteiger partial charge in [0.15, 0.2) is 6.10 Å². The molecule has 0 aliphatic carbocycles. The second kappa shape index (κ2) is 18.9. The molecule has 1 atom stereocenters. The number of benzene rings is 6. The molecule has 0 radical (unpaired) electrons. The summed E-state index contributed by atoms with van der Waals surface area (Å²) in [6.07, 6.45) is -4.01. The van der Waals surface area contributed by atoms with Crippen molar-refractivity contribution in [1.82, 2.24) is 0 Å². The first kappa shape index (κ1) is 42.2. The van der Waals surface area contributed by atoms with E-state index in [-0.39, 0.29) is 29.3 Å². The molecule has 0 amide bonds. The summed E-state index contributed by atoms with van der Waals surface area (Å²) in [5.41, 5.74) is 4.10. The first-order valence-electron chi connectivity index (χ1n) is 19.1. The molecule has 11 nitrogen and oxygen atoms in total. The zero-order valence-corrected chi connectivity index (χ0v) is 33.8. The van der Waals surface area contributed by atoms with E-state index in [1.165, 1.54) is 24.6 Å². The molecule has 60 heavy (non-hydrogen) atoms. The van der Waals surface area contributed by atoms with Crippen molar-refractivity contribution in [2.75, 3.05) is 0 Å². The van der Waals surface area contributed by atoms with Crippen LogP contribution in [0.5, 0.6) is 28.7 Å². The van der Waals surface area contributed by atoms with E-state index in [1.54, 1.807) is 78.9 Å². The molecule has 6 aromatic rings. The number of esters is 1. The summed E-state index contributed by atoms with van der Waals surface area (Å²) >= 11 is 0. The molecule has 306 valence electrons. The average molecular weight is 809 g/mol. The van der Waals surface area contributed by atoms with Crippen molar-refractivity contribution in [3.8, 4) is 28.7 Å². The number of carbonyl (C=O) groups excluding carboxylic acids is 4. The van der Waals surface area contributed by atoms with E-state index < -0.39 is 36.0 Å². The van der Waals surface area contributed by atoms with Gasteiger partial charge in [0.2, 0.25) is 0 Å². The van der Waals surface area contributed by atoms with Crippen LogP contribution in [0.15, 0.2) is 158 Å². The van der Waals surface area contributed by atoms with Crippen molar-refractivity contribution in [2.24, 2.45) is 0 Å². The SMILES string of the molecule is CC(OC(=O)Oc1ccccc1)C(=O)OCc1ccc(OC(=O)Oc2ccc(C(C)(C)c3ccc(OC(=O)Oc4ccc(C(C)(C)c5ccccc5)cc4)cc3)cc2)cc1. The zero-order chi connectivity index (χ0) is 42.7. The first-order chi connectivity index (χ1) is 28.8. The topological polar surface area (TPSA) is 133 Å². The minimum atomic E-state index is -1.19. The van der Waals surface area contributed by atoms with E-state index in [0.29, 0.717) is 17.1 Å². The van der Waals surface area contributed by atoms with Gasteiger partial charge in [0.1, 0.15) is 35.4 Å². The van der Waals surface area contributed by atoms with Gasteiger partial charge in [0, 0.05) is 10.8 Å². The Bertz CT molecular complexity index is 2370. The van der Waals surface area contributed by atoms with Crippen molar-refractivity contribution in [1.29, 1.82) is 0 Å². The first-order valence-corrected chi connectivity index (χ1v) is 19.1. The number of hydrogen-bond donors (Lipinski definition) is 0. The Morgan fingerprint density at radius 3 is 1.13 bits per heavy atom. The molecule has 6 aromatic carbocycles. The van der Waals surface area contributed by atoms with Gasteiger partial charge in [-0.2, -0.15) is 0 Å². The van der Waals surface area contributed by atoms with Gasteiger partial charge in [-0.1, -0.05) is 125 Å². The van der Waals surface area contributed by atoms with Gasteiger partial charge in [0.25, 0.3) is 0 Å². The highest BCUT2D eigenvalue weighted by atomic mass is 16.7. The molecular weight excluding hydrogens is 765 g/mol. The predicted molar refractivity (Wildman–Crippen MR) is 223 cm³/mol. The Balaban J connectivity index is 0.937. The Kier molecular flexibility index (Phi) is 13.3. The molecule has 0 saturated carbocycles. The van der Waals surface area contributed by atoms with Crippen LogP contribution in [0.4, 0.5) is 14.4 Å². The highest BCUT2D eigenvalue weighted by Crippen LogP contribution is 2.34. The van der Waals surface area contributed by atoms with Gasteiger partial charge >= 0.3 is 24.4 Å². The van der Waals surface area contributed by atoms with Crippen molar-refractivity contribution in [3.05, 3.63) is 186 Å². The fourth-order valence-electron chi connectivity index (χ4n) is 6.16. The Morgan fingerprint density at radius 2 is 0.733 bits per heavy atom. The maximum Gasteiger partial charge on any atom is 0.519 e. The van der Waals surface area contributed by atoms with E-state index in [4.69, 9.17) is 33.2 Å². The van der Waals surface area contributed by atoms with Crippen molar-refractivity contribution in [3.63, 3.8) is 0 Å². The van der Waals surface area contributed by atoms with Crippen LogP contribution in [-0.2, 0) is 31.7 Å². The summed E-state index contributed by atoms with van der Waals surface area (Å²) in [6, 6.07) is 46.4. The standard InChI is InChI=1S/C49H44O11/c1-33(55-45(51)56-39-14-10-7-11-15-39)44(50)54-32-34-16-24-40(25-17-34)57-46(52)58-42-28-20-37(21-29-42)49(4,5)38-22-30-43(31-23-38)60-47(53)59-41-26-18-36(19-27-41)48(2,3)35-12-8-6-9-13-35/h6-31,33H,32H2,1-5H3. The molecular formula is C49H44O11. The van der Waals surface area contributed by atoms with Gasteiger partial charge in [-0.15, -0.1) is 0 Å². The normalized spacial score (nSPS) is 11.7. The van der Waals surface area contributed by atoms with E-state index in [1.807, 2.05) is 68.4 Å². The average Bonchev–Trinajstić information content (AvgIpc) is 3.24. The van der Waals surface area contributed by atoms with Crippen LogP contribution in [0.1, 0.15) is 62.4 Å². The molecule has 1 unspecified atom stereocenters. The molecule has 0 N–H and O–H groups in total. The molecule has 11 heteroatoms. The molecule has 0 heterocycles. The lowest BCUT2D eigenvalue weighted by molar-refractivity contribution is -0.154. The second-order valence-corrected chi connectivity index (χ2v) is 14.8. The van der Waals surface area contributed by atoms with E-state index >= 15 is 0 Å². The van der Waals surface area contributed by atoms with E-state index in [9.17, 15) is 19.2 Å². The zero-order valence-electron chi connectivity index (χ0n) is 33.8. The molecule has 0 aromatic heterocycles. The van der Waals surface area contributed by atoms with Crippen LogP contribution >= 0.6 is 0 Å². The van der Waals surface area contributed by atoms with Gasteiger partial charge in [-0.3, -0.25) is 0 Å². The summed E-state index contributed by atoms with van der Waals surface area (Å²) in [7, 11) is 0. The van der Waals surface area contributed by atoms with Crippen LogP contribution in [0.2, 0.25) is 0 Å². The van der Waals surface area contributed by atoms with Gasteiger partial charge < -0.3 is 33.2 Å². The van der Waals surface area contributed by atoms with Crippen LogP contribution in [-0.4, -0.2) is 30.5 Å². The molecule has 0 spiro atoms. The molecule has 0 saturated heterocycles. The maximum atomic E-state index is 12.6. The largest absolute Gasteiger partial charge is 0.519 e. The summed E-state index contributed by atoms with van der Waals surface area (Å²) in [5, 5.41) is 0. The molecule has 0 bridgehead atoms. The quantitative estimate of drug-likeness (QED) is 0.0815. The number of para-hydroxylation sites is 1. The third-order valence-corrected chi connectivity index (χ3v) is 9.88. The Morgan fingerprint density at radius 1 is 0.417 bits per heavy atom. The molecule has 0 aliphatic rings. The summed E-state index contributed by atoms with van der Waals surface area (Å²) in [4.78, 5) is 49.5.